The zero-order valence-corrected chi connectivity index (χ0v) is 17.8. The van der Waals surface area contributed by atoms with E-state index in [0.29, 0.717) is 6.42 Å². The van der Waals surface area contributed by atoms with Crippen molar-refractivity contribution in [1.82, 2.24) is 5.23 Å². The molecule has 1 aliphatic rings. The molecule has 0 aliphatic carbocycles. The van der Waals surface area contributed by atoms with Crippen LogP contribution in [0.5, 0.6) is 0 Å². The lowest BCUT2D eigenvalue weighted by Gasteiger charge is -2.40. The van der Waals surface area contributed by atoms with Gasteiger partial charge in [-0.1, -0.05) is 54.6 Å². The van der Waals surface area contributed by atoms with Gasteiger partial charge >= 0.3 is 19.0 Å². The summed E-state index contributed by atoms with van der Waals surface area (Å²) in [5.41, 5.74) is 1.82. The molecule has 2 aromatic carbocycles. The molecule has 2 aromatic rings. The van der Waals surface area contributed by atoms with Crippen LogP contribution >= 0.6 is 0 Å². The number of cyclic esters (lactones) is 2. The van der Waals surface area contributed by atoms with Crippen molar-refractivity contribution < 1.29 is 24.1 Å². The molecule has 30 heavy (non-hydrogen) atoms. The molecule has 0 radical (unpaired) electrons. The van der Waals surface area contributed by atoms with E-state index < -0.39 is 30.2 Å². The third-order valence-corrected chi connectivity index (χ3v) is 5.25. The van der Waals surface area contributed by atoms with Gasteiger partial charge in [-0.2, -0.15) is 0 Å². The first-order valence-corrected chi connectivity index (χ1v) is 10.1. The SMILES string of the molecule is CB(O)N[C@H](Cc1ccc(-c2ccccc2)cc1)CC1(C)C(=O)OC(C)(C)OC1=O. The molecule has 0 aromatic heterocycles. The molecule has 6 nitrogen and oxygen atoms in total. The molecule has 1 saturated heterocycles. The van der Waals surface area contributed by atoms with Gasteiger partial charge in [-0.25, -0.2) is 0 Å². The highest BCUT2D eigenvalue weighted by Gasteiger charge is 2.53. The van der Waals surface area contributed by atoms with Crippen LogP contribution in [0.4, 0.5) is 0 Å². The van der Waals surface area contributed by atoms with Crippen LogP contribution in [0.2, 0.25) is 6.82 Å². The summed E-state index contributed by atoms with van der Waals surface area (Å²) >= 11 is 0. The Morgan fingerprint density at radius 2 is 1.47 bits per heavy atom. The van der Waals surface area contributed by atoms with Crippen molar-refractivity contribution in [2.45, 2.75) is 52.3 Å². The molecule has 0 unspecified atom stereocenters. The number of rotatable bonds is 7. The highest BCUT2D eigenvalue weighted by molar-refractivity contribution is 6.45. The molecule has 158 valence electrons. The van der Waals surface area contributed by atoms with Crippen molar-refractivity contribution in [3.63, 3.8) is 0 Å². The van der Waals surface area contributed by atoms with Gasteiger partial charge in [-0.05, 0) is 43.3 Å². The Bertz CT molecular complexity index is 876. The summed E-state index contributed by atoms with van der Waals surface area (Å²) < 4.78 is 10.6. The average molecular weight is 409 g/mol. The van der Waals surface area contributed by atoms with Crippen LogP contribution in [0, 0.1) is 5.41 Å². The van der Waals surface area contributed by atoms with E-state index in [1.54, 1.807) is 6.82 Å². The summed E-state index contributed by atoms with van der Waals surface area (Å²) in [5.74, 6) is -2.49. The number of carbonyl (C=O) groups excluding carboxylic acids is 2. The largest absolute Gasteiger partial charge is 0.437 e. The third-order valence-electron chi connectivity index (χ3n) is 5.25. The van der Waals surface area contributed by atoms with Gasteiger partial charge in [0.1, 0.15) is 0 Å². The van der Waals surface area contributed by atoms with E-state index in [2.05, 4.69) is 17.4 Å². The number of nitrogens with one attached hydrogen (secondary N) is 1. The molecule has 1 atom stereocenters. The lowest BCUT2D eigenvalue weighted by Crippen LogP contribution is -2.55. The van der Waals surface area contributed by atoms with Crippen molar-refractivity contribution in [3.8, 4) is 11.1 Å². The Morgan fingerprint density at radius 1 is 0.933 bits per heavy atom. The number of ether oxygens (including phenoxy) is 2. The van der Waals surface area contributed by atoms with Crippen molar-refractivity contribution in [2.75, 3.05) is 0 Å². The van der Waals surface area contributed by atoms with Gasteiger partial charge in [0.2, 0.25) is 0 Å². The minimum Gasteiger partial charge on any atom is -0.437 e. The fourth-order valence-corrected chi connectivity index (χ4v) is 3.71. The van der Waals surface area contributed by atoms with E-state index in [1.807, 2.05) is 42.5 Å². The van der Waals surface area contributed by atoms with Gasteiger partial charge in [0, 0.05) is 19.9 Å². The van der Waals surface area contributed by atoms with Crippen LogP contribution in [0.15, 0.2) is 54.6 Å². The summed E-state index contributed by atoms with van der Waals surface area (Å²) in [5, 5.41) is 12.9. The number of carbonyl (C=O) groups is 2. The maximum atomic E-state index is 12.6. The summed E-state index contributed by atoms with van der Waals surface area (Å²) in [7, 11) is -0.797. The molecule has 1 aliphatic heterocycles. The summed E-state index contributed by atoms with van der Waals surface area (Å²) in [6, 6.07) is 17.8. The second-order valence-corrected chi connectivity index (χ2v) is 8.52. The lowest BCUT2D eigenvalue weighted by molar-refractivity contribution is -0.250. The third kappa shape index (κ3) is 5.09. The molecule has 1 fully saturated rings. The highest BCUT2D eigenvalue weighted by Crippen LogP contribution is 2.36. The molecule has 7 heteroatoms. The van der Waals surface area contributed by atoms with E-state index in [9.17, 15) is 14.6 Å². The molecular formula is C23H28BNO5. The van der Waals surface area contributed by atoms with Crippen LogP contribution in [0.25, 0.3) is 11.1 Å². The minimum absolute atomic E-state index is 0.145. The van der Waals surface area contributed by atoms with Crippen LogP contribution in [-0.4, -0.2) is 35.8 Å². The molecule has 0 spiro atoms. The Balaban J connectivity index is 1.76. The van der Waals surface area contributed by atoms with Crippen molar-refractivity contribution in [2.24, 2.45) is 5.41 Å². The van der Waals surface area contributed by atoms with Crippen LogP contribution in [0.3, 0.4) is 0 Å². The van der Waals surface area contributed by atoms with Gasteiger partial charge < -0.3 is 19.7 Å². The van der Waals surface area contributed by atoms with Crippen molar-refractivity contribution in [3.05, 3.63) is 60.2 Å². The van der Waals surface area contributed by atoms with E-state index in [-0.39, 0.29) is 12.5 Å². The predicted octanol–water partition coefficient (Wildman–Crippen LogP) is 3.20. The highest BCUT2D eigenvalue weighted by atomic mass is 16.7. The normalized spacial score (nSPS) is 18.3. The molecule has 0 bridgehead atoms. The van der Waals surface area contributed by atoms with E-state index in [1.165, 1.54) is 20.8 Å². The number of esters is 2. The molecule has 0 amide bonds. The zero-order valence-electron chi connectivity index (χ0n) is 17.8. The topological polar surface area (TPSA) is 84.9 Å². The Hall–Kier alpha value is -2.64. The van der Waals surface area contributed by atoms with Gasteiger partial charge in [0.25, 0.3) is 5.79 Å². The first-order valence-electron chi connectivity index (χ1n) is 10.1. The summed E-state index contributed by atoms with van der Waals surface area (Å²) in [6.45, 7) is 6.20. The van der Waals surface area contributed by atoms with Crippen LogP contribution in [0.1, 0.15) is 32.8 Å². The molecular weight excluding hydrogens is 381 g/mol. The van der Waals surface area contributed by atoms with Crippen LogP contribution in [-0.2, 0) is 25.5 Å². The summed E-state index contributed by atoms with van der Waals surface area (Å²) in [6.07, 6.45) is 0.672. The van der Waals surface area contributed by atoms with Gasteiger partial charge in [0.15, 0.2) is 5.41 Å². The average Bonchev–Trinajstić information content (AvgIpc) is 2.66. The fraction of sp³-hybridized carbons (Fsp3) is 0.391. The molecule has 3 rings (SSSR count). The monoisotopic (exact) mass is 409 g/mol. The Morgan fingerprint density at radius 3 is 2.00 bits per heavy atom. The maximum Gasteiger partial charge on any atom is 0.373 e. The van der Waals surface area contributed by atoms with Gasteiger partial charge in [-0.15, -0.1) is 0 Å². The van der Waals surface area contributed by atoms with Crippen LogP contribution < -0.4 is 5.23 Å². The lowest BCUT2D eigenvalue weighted by atomic mass is 9.77. The number of hydrogen-bond acceptors (Lipinski definition) is 6. The van der Waals surface area contributed by atoms with Crippen molar-refractivity contribution in [1.29, 1.82) is 0 Å². The van der Waals surface area contributed by atoms with Crippen molar-refractivity contribution >= 4 is 19.0 Å². The first-order chi connectivity index (χ1) is 14.1. The smallest absolute Gasteiger partial charge is 0.373 e. The van der Waals surface area contributed by atoms with E-state index in [4.69, 9.17) is 9.47 Å². The second kappa shape index (κ2) is 8.62. The molecule has 2 N–H and O–H groups in total. The fourth-order valence-electron chi connectivity index (χ4n) is 3.71. The standard InChI is InChI=1S/C23H28BNO5/c1-22(2)29-20(26)23(3,21(27)30-22)15-19(25-24(4)28)14-16-10-12-18(13-11-16)17-8-6-5-7-9-17/h5-13,19,25,28H,14-15H2,1-4H3/t19-/m1/s1. The van der Waals surface area contributed by atoms with E-state index >= 15 is 0 Å². The maximum absolute atomic E-state index is 12.6. The van der Waals surface area contributed by atoms with Gasteiger partial charge in [0.05, 0.1) is 0 Å². The Kier molecular flexibility index (Phi) is 6.34. The second-order valence-electron chi connectivity index (χ2n) is 8.52. The Labute approximate surface area is 177 Å². The quantitative estimate of drug-likeness (QED) is 0.415. The van der Waals surface area contributed by atoms with Gasteiger partial charge in [-0.3, -0.25) is 9.59 Å². The minimum atomic E-state index is -1.44. The number of hydrogen-bond donors (Lipinski definition) is 2. The molecule has 0 saturated carbocycles. The number of benzene rings is 2. The first kappa shape index (κ1) is 22.1. The predicted molar refractivity (Wildman–Crippen MR) is 115 cm³/mol. The molecule has 1 heterocycles. The van der Waals surface area contributed by atoms with E-state index in [0.717, 1.165) is 16.7 Å². The zero-order chi connectivity index (χ0) is 21.9. The summed E-state index contributed by atoms with van der Waals surface area (Å²) in [4.78, 5) is 25.2.